The van der Waals surface area contributed by atoms with Crippen LogP contribution in [0.15, 0.2) is 0 Å². The zero-order valence-electron chi connectivity index (χ0n) is 10.6. The second-order valence-electron chi connectivity index (χ2n) is 3.39. The Morgan fingerprint density at radius 1 is 1.11 bits per heavy atom. The first-order chi connectivity index (χ1) is 8.52. The van der Waals surface area contributed by atoms with E-state index < -0.39 is 23.9 Å². The lowest BCUT2D eigenvalue weighted by Gasteiger charge is -2.15. The summed E-state index contributed by atoms with van der Waals surface area (Å²) < 4.78 is 9.46. The van der Waals surface area contributed by atoms with Crippen LogP contribution >= 0.6 is 0 Å². The van der Waals surface area contributed by atoms with Gasteiger partial charge in [-0.2, -0.15) is 0 Å². The van der Waals surface area contributed by atoms with E-state index in [1.165, 1.54) is 0 Å². The zero-order chi connectivity index (χ0) is 14.0. The van der Waals surface area contributed by atoms with Gasteiger partial charge in [-0.15, -0.1) is 0 Å². The molecule has 0 saturated carbocycles. The van der Waals surface area contributed by atoms with E-state index in [0.29, 0.717) is 6.42 Å². The van der Waals surface area contributed by atoms with Crippen LogP contribution < -0.4 is 5.32 Å². The minimum absolute atomic E-state index is 0.0363. The van der Waals surface area contributed by atoms with Gasteiger partial charge in [-0.1, -0.05) is 0 Å². The molecule has 18 heavy (non-hydrogen) atoms. The van der Waals surface area contributed by atoms with Gasteiger partial charge in [0.1, 0.15) is 0 Å². The van der Waals surface area contributed by atoms with Crippen LogP contribution in [-0.2, 0) is 23.9 Å². The number of rotatable bonds is 9. The van der Waals surface area contributed by atoms with Crippen LogP contribution in [0, 0.1) is 0 Å². The predicted molar refractivity (Wildman–Crippen MR) is 61.9 cm³/mol. The van der Waals surface area contributed by atoms with Gasteiger partial charge in [0.25, 0.3) is 0 Å². The van der Waals surface area contributed by atoms with Gasteiger partial charge in [-0.05, 0) is 26.8 Å². The normalized spacial score (nSPS) is 10.2. The van der Waals surface area contributed by atoms with Gasteiger partial charge in [0.05, 0.1) is 13.2 Å². The number of hydrogen-bond donors (Lipinski definition) is 2. The molecule has 0 rings (SSSR count). The third-order valence-electron chi connectivity index (χ3n) is 1.96. The standard InChI is InChI=1S/C11H19NO6/c1-3-17-10(15)9(11(16)18-4-2)12-7-5-6-8(13)14/h9,12H,3-7H2,1-2H3,(H,13,14). The fourth-order valence-electron chi connectivity index (χ4n) is 1.20. The Balaban J connectivity index is 4.24. The van der Waals surface area contributed by atoms with E-state index in [-0.39, 0.29) is 26.2 Å². The lowest BCUT2D eigenvalue weighted by molar-refractivity contribution is -0.157. The van der Waals surface area contributed by atoms with Crippen molar-refractivity contribution >= 4 is 17.9 Å². The maximum Gasteiger partial charge on any atom is 0.334 e. The van der Waals surface area contributed by atoms with Crippen LogP contribution in [0.4, 0.5) is 0 Å². The van der Waals surface area contributed by atoms with Crippen LogP contribution in [0.3, 0.4) is 0 Å². The van der Waals surface area contributed by atoms with Crippen molar-refractivity contribution in [3.05, 3.63) is 0 Å². The Bertz CT molecular complexity index is 273. The van der Waals surface area contributed by atoms with E-state index in [0.717, 1.165) is 0 Å². The van der Waals surface area contributed by atoms with Gasteiger partial charge in [0, 0.05) is 6.42 Å². The highest BCUT2D eigenvalue weighted by Crippen LogP contribution is 1.96. The van der Waals surface area contributed by atoms with E-state index in [1.807, 2.05) is 0 Å². The SMILES string of the molecule is CCOC(=O)C(NCCCC(=O)O)C(=O)OCC. The van der Waals surface area contributed by atoms with Gasteiger partial charge < -0.3 is 14.6 Å². The van der Waals surface area contributed by atoms with Crippen LogP contribution in [0.1, 0.15) is 26.7 Å². The molecule has 0 radical (unpaired) electrons. The van der Waals surface area contributed by atoms with Crippen LogP contribution in [0.5, 0.6) is 0 Å². The molecule has 0 aliphatic carbocycles. The van der Waals surface area contributed by atoms with Crippen molar-refractivity contribution in [2.45, 2.75) is 32.7 Å². The molecule has 0 aliphatic rings. The first-order valence-corrected chi connectivity index (χ1v) is 5.81. The Labute approximate surface area is 105 Å². The van der Waals surface area contributed by atoms with Gasteiger partial charge in [0.2, 0.25) is 6.04 Å². The van der Waals surface area contributed by atoms with E-state index in [2.05, 4.69) is 5.32 Å². The van der Waals surface area contributed by atoms with Crippen molar-refractivity contribution in [2.24, 2.45) is 0 Å². The maximum absolute atomic E-state index is 11.5. The van der Waals surface area contributed by atoms with Crippen molar-refractivity contribution in [3.63, 3.8) is 0 Å². The Kier molecular flexibility index (Phi) is 8.55. The predicted octanol–water partition coefficient (Wildman–Crippen LogP) is -0.0644. The molecule has 7 nitrogen and oxygen atoms in total. The molecule has 0 aromatic heterocycles. The molecule has 7 heteroatoms. The second kappa shape index (κ2) is 9.41. The van der Waals surface area contributed by atoms with Gasteiger partial charge in [-0.25, -0.2) is 9.59 Å². The molecule has 0 saturated heterocycles. The summed E-state index contributed by atoms with van der Waals surface area (Å²) in [6.07, 6.45) is 0.274. The summed E-state index contributed by atoms with van der Waals surface area (Å²) in [6.45, 7) is 3.79. The zero-order valence-corrected chi connectivity index (χ0v) is 10.6. The van der Waals surface area contributed by atoms with Gasteiger partial charge in [-0.3, -0.25) is 10.1 Å². The van der Waals surface area contributed by atoms with E-state index >= 15 is 0 Å². The molecule has 0 heterocycles. The quantitative estimate of drug-likeness (QED) is 0.340. The molecule has 0 fully saturated rings. The summed E-state index contributed by atoms with van der Waals surface area (Å²) in [4.78, 5) is 33.3. The molecule has 2 N–H and O–H groups in total. The highest BCUT2D eigenvalue weighted by Gasteiger charge is 2.28. The lowest BCUT2D eigenvalue weighted by atomic mass is 10.2. The third kappa shape index (κ3) is 6.85. The fraction of sp³-hybridized carbons (Fsp3) is 0.727. The molecule has 0 aromatic rings. The Morgan fingerprint density at radius 3 is 2.00 bits per heavy atom. The van der Waals surface area contributed by atoms with Crippen LogP contribution in [-0.4, -0.2) is 48.8 Å². The summed E-state index contributed by atoms with van der Waals surface area (Å²) in [5.41, 5.74) is 0. The Hall–Kier alpha value is -1.63. The number of carboxylic acid groups (broad SMARTS) is 1. The largest absolute Gasteiger partial charge is 0.481 e. The first-order valence-electron chi connectivity index (χ1n) is 5.81. The maximum atomic E-state index is 11.5. The summed E-state index contributed by atoms with van der Waals surface area (Å²) in [7, 11) is 0. The number of carbonyl (C=O) groups is 3. The average molecular weight is 261 g/mol. The van der Waals surface area contributed by atoms with Gasteiger partial charge >= 0.3 is 17.9 Å². The number of carboxylic acids is 1. The second-order valence-corrected chi connectivity index (χ2v) is 3.39. The molecule has 0 spiro atoms. The monoisotopic (exact) mass is 261 g/mol. The highest BCUT2D eigenvalue weighted by molar-refractivity contribution is 5.99. The highest BCUT2D eigenvalue weighted by atomic mass is 16.6. The summed E-state index contributed by atoms with van der Waals surface area (Å²) in [6, 6.07) is -1.20. The number of aliphatic carboxylic acids is 1. The van der Waals surface area contributed by atoms with Crippen molar-refractivity contribution in [2.75, 3.05) is 19.8 Å². The Morgan fingerprint density at radius 2 is 1.61 bits per heavy atom. The van der Waals surface area contributed by atoms with E-state index in [1.54, 1.807) is 13.8 Å². The minimum atomic E-state index is -1.20. The van der Waals surface area contributed by atoms with E-state index in [4.69, 9.17) is 14.6 Å². The lowest BCUT2D eigenvalue weighted by Crippen LogP contribution is -2.46. The number of nitrogens with one attached hydrogen (secondary N) is 1. The summed E-state index contributed by atoms with van der Waals surface area (Å²) >= 11 is 0. The molecule has 0 aliphatic heterocycles. The number of ether oxygens (including phenoxy) is 2. The third-order valence-corrected chi connectivity index (χ3v) is 1.96. The molecule has 0 bridgehead atoms. The topological polar surface area (TPSA) is 102 Å². The van der Waals surface area contributed by atoms with Crippen molar-refractivity contribution in [3.8, 4) is 0 Å². The van der Waals surface area contributed by atoms with Gasteiger partial charge in [0.15, 0.2) is 0 Å². The van der Waals surface area contributed by atoms with Crippen molar-refractivity contribution < 1.29 is 29.0 Å². The smallest absolute Gasteiger partial charge is 0.334 e. The van der Waals surface area contributed by atoms with Crippen LogP contribution in [0.2, 0.25) is 0 Å². The summed E-state index contributed by atoms with van der Waals surface area (Å²) in [5.74, 6) is -2.36. The summed E-state index contributed by atoms with van der Waals surface area (Å²) in [5, 5.41) is 11.1. The van der Waals surface area contributed by atoms with Crippen molar-refractivity contribution in [1.82, 2.24) is 5.32 Å². The minimum Gasteiger partial charge on any atom is -0.481 e. The number of carbonyl (C=O) groups excluding carboxylic acids is 2. The first kappa shape index (κ1) is 16.4. The molecular weight excluding hydrogens is 242 g/mol. The fourth-order valence-corrected chi connectivity index (χ4v) is 1.20. The molecule has 104 valence electrons. The molecule has 0 amide bonds. The van der Waals surface area contributed by atoms with E-state index in [9.17, 15) is 14.4 Å². The molecule has 0 atom stereocenters. The molecule has 0 aromatic carbocycles. The van der Waals surface area contributed by atoms with Crippen molar-refractivity contribution in [1.29, 1.82) is 0 Å². The average Bonchev–Trinajstić information content (AvgIpc) is 2.28. The number of hydrogen-bond acceptors (Lipinski definition) is 6. The van der Waals surface area contributed by atoms with Crippen LogP contribution in [0.25, 0.3) is 0 Å². The molecule has 0 unspecified atom stereocenters. The number of esters is 2. The molecular formula is C11H19NO6.